The molecule has 0 radical (unpaired) electrons. The number of aliphatic hydroxyl groups excluding tert-OH is 1. The van der Waals surface area contributed by atoms with Crippen molar-refractivity contribution < 1.29 is 19.4 Å². The second kappa shape index (κ2) is 9.89. The average Bonchev–Trinajstić information content (AvgIpc) is 2.24. The van der Waals surface area contributed by atoms with Gasteiger partial charge in [-0.05, 0) is 13.3 Å². The highest BCUT2D eigenvalue weighted by molar-refractivity contribution is 5.76. The zero-order valence-corrected chi connectivity index (χ0v) is 9.49. The number of carbonyl (C=O) groups is 1. The van der Waals surface area contributed by atoms with Gasteiger partial charge in [-0.3, -0.25) is 4.79 Å². The van der Waals surface area contributed by atoms with Crippen molar-refractivity contribution in [2.24, 2.45) is 0 Å². The molecule has 0 aliphatic heterocycles. The van der Waals surface area contributed by atoms with E-state index in [1.54, 1.807) is 0 Å². The molecule has 1 unspecified atom stereocenters. The third-order valence-electron chi connectivity index (χ3n) is 1.85. The van der Waals surface area contributed by atoms with E-state index in [9.17, 15) is 4.79 Å². The first-order valence-electron chi connectivity index (χ1n) is 5.21. The maximum Gasteiger partial charge on any atom is 0.220 e. The molecule has 0 heterocycles. The highest BCUT2D eigenvalue weighted by Crippen LogP contribution is 1.92. The number of rotatable bonds is 9. The third kappa shape index (κ3) is 8.35. The maximum absolute atomic E-state index is 11.3. The van der Waals surface area contributed by atoms with Crippen LogP contribution < -0.4 is 5.32 Å². The minimum Gasteiger partial charge on any atom is -0.394 e. The van der Waals surface area contributed by atoms with Crippen molar-refractivity contribution in [3.05, 3.63) is 0 Å². The zero-order valence-electron chi connectivity index (χ0n) is 9.49. The minimum atomic E-state index is -0.311. The predicted octanol–water partition coefficient (Wildman–Crippen LogP) is -0.0734. The van der Waals surface area contributed by atoms with Crippen LogP contribution in [0, 0.1) is 0 Å². The van der Waals surface area contributed by atoms with Crippen molar-refractivity contribution >= 4 is 5.91 Å². The number of ether oxygens (including phenoxy) is 2. The first-order chi connectivity index (χ1) is 7.24. The Morgan fingerprint density at radius 1 is 1.53 bits per heavy atom. The van der Waals surface area contributed by atoms with E-state index in [0.29, 0.717) is 32.7 Å². The van der Waals surface area contributed by atoms with Crippen molar-refractivity contribution in [3.63, 3.8) is 0 Å². The normalized spacial score (nSPS) is 12.5. The van der Waals surface area contributed by atoms with E-state index < -0.39 is 0 Å². The van der Waals surface area contributed by atoms with Crippen LogP contribution in [0.2, 0.25) is 0 Å². The number of hydrogen-bond acceptors (Lipinski definition) is 4. The minimum absolute atomic E-state index is 0.0780. The van der Waals surface area contributed by atoms with Crippen LogP contribution in [-0.2, 0) is 14.3 Å². The van der Waals surface area contributed by atoms with Gasteiger partial charge in [0.2, 0.25) is 5.91 Å². The molecule has 0 saturated carbocycles. The van der Waals surface area contributed by atoms with E-state index in [-0.39, 0.29) is 18.6 Å². The predicted molar refractivity (Wildman–Crippen MR) is 56.6 cm³/mol. The summed E-state index contributed by atoms with van der Waals surface area (Å²) in [4.78, 5) is 11.3. The third-order valence-corrected chi connectivity index (χ3v) is 1.85. The monoisotopic (exact) mass is 219 g/mol. The summed E-state index contributed by atoms with van der Waals surface area (Å²) in [6, 6.07) is -0.311. The molecule has 0 aromatic rings. The first kappa shape index (κ1) is 14.3. The largest absolute Gasteiger partial charge is 0.394 e. The van der Waals surface area contributed by atoms with Gasteiger partial charge in [-0.1, -0.05) is 0 Å². The molecule has 1 atom stereocenters. The Bertz CT molecular complexity index is 164. The Morgan fingerprint density at radius 3 is 2.80 bits per heavy atom. The van der Waals surface area contributed by atoms with E-state index >= 15 is 0 Å². The zero-order chi connectivity index (χ0) is 11.5. The number of amides is 1. The first-order valence-corrected chi connectivity index (χ1v) is 5.21. The van der Waals surface area contributed by atoms with Gasteiger partial charge in [0.25, 0.3) is 0 Å². The molecular formula is C10H21NO4. The molecule has 0 spiro atoms. The van der Waals surface area contributed by atoms with Crippen LogP contribution in [0.15, 0.2) is 0 Å². The molecule has 1 amide bonds. The van der Waals surface area contributed by atoms with Gasteiger partial charge in [-0.25, -0.2) is 0 Å². The van der Waals surface area contributed by atoms with Gasteiger partial charge in [0.1, 0.15) is 0 Å². The number of carbonyl (C=O) groups excluding carboxylic acids is 1. The lowest BCUT2D eigenvalue weighted by atomic mass is 10.2. The Kier molecular flexibility index (Phi) is 9.46. The van der Waals surface area contributed by atoms with Crippen LogP contribution in [0.5, 0.6) is 0 Å². The topological polar surface area (TPSA) is 67.8 Å². The molecule has 0 rings (SSSR count). The Morgan fingerprint density at radius 2 is 2.27 bits per heavy atom. The van der Waals surface area contributed by atoms with Gasteiger partial charge in [0.05, 0.1) is 19.3 Å². The summed E-state index contributed by atoms with van der Waals surface area (Å²) in [5.74, 6) is -0.0780. The molecule has 0 aromatic heterocycles. The van der Waals surface area contributed by atoms with Crippen LogP contribution in [0.1, 0.15) is 19.8 Å². The number of methoxy groups -OCH3 is 1. The fraction of sp³-hybridized carbons (Fsp3) is 0.900. The summed E-state index contributed by atoms with van der Waals surface area (Å²) in [6.45, 7) is 3.40. The quantitative estimate of drug-likeness (QED) is 0.533. The number of aliphatic hydroxyl groups is 1. The second-order valence-corrected chi connectivity index (χ2v) is 3.20. The Hall–Kier alpha value is -0.650. The summed E-state index contributed by atoms with van der Waals surface area (Å²) in [5.41, 5.74) is 0. The Labute approximate surface area is 90.8 Å². The van der Waals surface area contributed by atoms with Crippen molar-refractivity contribution in [1.29, 1.82) is 0 Å². The fourth-order valence-electron chi connectivity index (χ4n) is 1.12. The molecule has 0 saturated heterocycles. The number of nitrogens with one attached hydrogen (secondary N) is 1. The maximum atomic E-state index is 11.3. The van der Waals surface area contributed by atoms with Crippen LogP contribution >= 0.6 is 0 Å². The van der Waals surface area contributed by atoms with E-state index in [2.05, 4.69) is 5.32 Å². The highest BCUT2D eigenvalue weighted by atomic mass is 16.5. The van der Waals surface area contributed by atoms with E-state index in [0.717, 1.165) is 0 Å². The molecule has 0 aliphatic rings. The molecule has 0 aliphatic carbocycles. The summed E-state index contributed by atoms with van der Waals surface area (Å²) in [6.07, 6.45) is 1.12. The van der Waals surface area contributed by atoms with Crippen LogP contribution in [0.4, 0.5) is 0 Å². The van der Waals surface area contributed by atoms with Crippen molar-refractivity contribution in [2.45, 2.75) is 25.8 Å². The van der Waals surface area contributed by atoms with E-state index in [1.807, 2.05) is 6.92 Å². The van der Waals surface area contributed by atoms with Gasteiger partial charge in [0, 0.05) is 26.7 Å². The highest BCUT2D eigenvalue weighted by Gasteiger charge is 2.10. The van der Waals surface area contributed by atoms with Crippen LogP contribution in [0.25, 0.3) is 0 Å². The van der Waals surface area contributed by atoms with Gasteiger partial charge < -0.3 is 19.9 Å². The second-order valence-electron chi connectivity index (χ2n) is 3.20. The number of hydrogen-bond donors (Lipinski definition) is 2. The lowest BCUT2D eigenvalue weighted by molar-refractivity contribution is -0.122. The van der Waals surface area contributed by atoms with Crippen LogP contribution in [-0.4, -0.2) is 50.6 Å². The molecule has 5 nitrogen and oxygen atoms in total. The Balaban J connectivity index is 3.52. The van der Waals surface area contributed by atoms with Gasteiger partial charge >= 0.3 is 0 Å². The molecular weight excluding hydrogens is 198 g/mol. The van der Waals surface area contributed by atoms with Gasteiger partial charge in [0.15, 0.2) is 0 Å². The van der Waals surface area contributed by atoms with Crippen LogP contribution in [0.3, 0.4) is 0 Å². The lowest BCUT2D eigenvalue weighted by Gasteiger charge is -2.14. The molecule has 0 aromatic carbocycles. The molecule has 5 heteroatoms. The van der Waals surface area contributed by atoms with E-state index in [4.69, 9.17) is 14.6 Å². The summed E-state index contributed by atoms with van der Waals surface area (Å²) in [5, 5.41) is 11.6. The van der Waals surface area contributed by atoms with Crippen molar-refractivity contribution in [1.82, 2.24) is 5.32 Å². The summed E-state index contributed by atoms with van der Waals surface area (Å²) in [7, 11) is 1.53. The molecule has 0 bridgehead atoms. The standard InChI is InChI=1S/C10H21NO4/c1-3-15-6-4-5-10(13)11-9(7-12)8-14-2/h9,12H,3-8H2,1-2H3,(H,11,13). The SMILES string of the molecule is CCOCCCC(=O)NC(CO)COC. The smallest absolute Gasteiger partial charge is 0.220 e. The molecule has 15 heavy (non-hydrogen) atoms. The van der Waals surface area contributed by atoms with Gasteiger partial charge in [-0.2, -0.15) is 0 Å². The van der Waals surface area contributed by atoms with Crippen molar-refractivity contribution in [2.75, 3.05) is 33.5 Å². The molecule has 90 valence electrons. The summed E-state index contributed by atoms with van der Waals surface area (Å²) >= 11 is 0. The lowest BCUT2D eigenvalue weighted by Crippen LogP contribution is -2.40. The fourth-order valence-corrected chi connectivity index (χ4v) is 1.12. The summed E-state index contributed by atoms with van der Waals surface area (Å²) < 4.78 is 9.95. The van der Waals surface area contributed by atoms with Gasteiger partial charge in [-0.15, -0.1) is 0 Å². The molecule has 2 N–H and O–H groups in total. The van der Waals surface area contributed by atoms with Crippen molar-refractivity contribution in [3.8, 4) is 0 Å². The molecule has 0 fully saturated rings. The van der Waals surface area contributed by atoms with E-state index in [1.165, 1.54) is 7.11 Å². The average molecular weight is 219 g/mol.